The number of thiazole rings is 1. The van der Waals surface area contributed by atoms with Crippen molar-refractivity contribution in [1.29, 1.82) is 0 Å². The van der Waals surface area contributed by atoms with E-state index in [-0.39, 0.29) is 11.7 Å². The maximum Gasteiger partial charge on any atom is 0.414 e. The van der Waals surface area contributed by atoms with Crippen LogP contribution in [0.5, 0.6) is 0 Å². The van der Waals surface area contributed by atoms with Crippen LogP contribution in [0, 0.1) is 5.82 Å². The second-order valence-corrected chi connectivity index (χ2v) is 8.84. The second kappa shape index (κ2) is 7.11. The Morgan fingerprint density at radius 2 is 2.00 bits per heavy atom. The Bertz CT molecular complexity index is 1120. The van der Waals surface area contributed by atoms with Gasteiger partial charge in [0.1, 0.15) is 11.4 Å². The molecule has 0 bridgehead atoms. The molecule has 4 rings (SSSR count). The molecule has 2 heterocycles. The van der Waals surface area contributed by atoms with Crippen molar-refractivity contribution in [2.24, 2.45) is 0 Å². The van der Waals surface area contributed by atoms with Crippen molar-refractivity contribution < 1.29 is 18.7 Å². The van der Waals surface area contributed by atoms with Gasteiger partial charge in [-0.25, -0.2) is 14.2 Å². The Kier molecular flexibility index (Phi) is 4.74. The predicted octanol–water partition coefficient (Wildman–Crippen LogP) is 4.99. The van der Waals surface area contributed by atoms with Gasteiger partial charge in [0, 0.05) is 12.1 Å². The summed E-state index contributed by atoms with van der Waals surface area (Å²) in [7, 11) is 0. The highest BCUT2D eigenvalue weighted by Crippen LogP contribution is 2.31. The summed E-state index contributed by atoms with van der Waals surface area (Å²) in [6.45, 7) is 5.99. The van der Waals surface area contributed by atoms with E-state index in [1.807, 2.05) is 20.8 Å². The van der Waals surface area contributed by atoms with Gasteiger partial charge in [-0.15, -0.1) is 0 Å². The van der Waals surface area contributed by atoms with Crippen LogP contribution in [0.15, 0.2) is 36.4 Å². The van der Waals surface area contributed by atoms with Gasteiger partial charge in [0.25, 0.3) is 5.91 Å². The van der Waals surface area contributed by atoms with Crippen molar-refractivity contribution in [2.75, 3.05) is 16.8 Å². The molecule has 1 aromatic heterocycles. The molecule has 2 amide bonds. The summed E-state index contributed by atoms with van der Waals surface area (Å²) in [5, 5.41) is 3.17. The van der Waals surface area contributed by atoms with Gasteiger partial charge in [0.2, 0.25) is 0 Å². The number of hydrogen-bond donors (Lipinski definition) is 1. The lowest BCUT2D eigenvalue weighted by Gasteiger charge is -2.24. The molecule has 0 fully saturated rings. The van der Waals surface area contributed by atoms with E-state index in [0.29, 0.717) is 33.9 Å². The number of aromatic nitrogens is 1. The number of hydrogen-bond acceptors (Lipinski definition) is 5. The molecule has 150 valence electrons. The van der Waals surface area contributed by atoms with Gasteiger partial charge in [-0.1, -0.05) is 11.3 Å². The third kappa shape index (κ3) is 4.07. The van der Waals surface area contributed by atoms with Crippen molar-refractivity contribution in [1.82, 2.24) is 4.98 Å². The Balaban J connectivity index is 1.51. The van der Waals surface area contributed by atoms with Crippen molar-refractivity contribution in [3.05, 3.63) is 53.3 Å². The fraction of sp³-hybridized carbons (Fsp3) is 0.286. The summed E-state index contributed by atoms with van der Waals surface area (Å²) in [5.41, 5.74) is 2.20. The van der Waals surface area contributed by atoms with Crippen LogP contribution in [-0.4, -0.2) is 29.1 Å². The zero-order chi connectivity index (χ0) is 20.8. The quantitative estimate of drug-likeness (QED) is 0.643. The van der Waals surface area contributed by atoms with Gasteiger partial charge >= 0.3 is 6.09 Å². The molecule has 0 atom stereocenters. The van der Waals surface area contributed by atoms with Gasteiger partial charge in [-0.2, -0.15) is 0 Å². The molecular weight excluding hydrogens is 393 g/mol. The summed E-state index contributed by atoms with van der Waals surface area (Å²) in [4.78, 5) is 30.9. The van der Waals surface area contributed by atoms with E-state index in [0.717, 1.165) is 11.3 Å². The van der Waals surface area contributed by atoms with Crippen LogP contribution in [0.2, 0.25) is 0 Å². The van der Waals surface area contributed by atoms with Crippen molar-refractivity contribution in [2.45, 2.75) is 32.8 Å². The first-order valence-corrected chi connectivity index (χ1v) is 10.0. The third-order valence-corrected chi connectivity index (χ3v) is 5.36. The maximum atomic E-state index is 13.3. The van der Waals surface area contributed by atoms with E-state index < -0.39 is 11.7 Å². The van der Waals surface area contributed by atoms with E-state index in [1.165, 1.54) is 23.5 Å². The molecule has 0 saturated heterocycles. The highest BCUT2D eigenvalue weighted by Gasteiger charge is 2.29. The lowest BCUT2D eigenvalue weighted by molar-refractivity contribution is 0.0584. The lowest BCUT2D eigenvalue weighted by atomic mass is 10.1. The average molecular weight is 413 g/mol. The molecule has 1 N–H and O–H groups in total. The van der Waals surface area contributed by atoms with Crippen LogP contribution in [0.4, 0.5) is 20.0 Å². The van der Waals surface area contributed by atoms with Crippen LogP contribution in [0.3, 0.4) is 0 Å². The highest BCUT2D eigenvalue weighted by molar-refractivity contribution is 7.22. The zero-order valence-corrected chi connectivity index (χ0v) is 17.1. The zero-order valence-electron chi connectivity index (χ0n) is 16.3. The number of benzene rings is 2. The normalized spacial score (nSPS) is 13.4. The molecule has 0 saturated carbocycles. The van der Waals surface area contributed by atoms with Crippen LogP contribution in [0.25, 0.3) is 10.2 Å². The Morgan fingerprint density at radius 3 is 2.76 bits per heavy atom. The van der Waals surface area contributed by atoms with Gasteiger partial charge in [0.05, 0.1) is 15.9 Å². The van der Waals surface area contributed by atoms with Crippen molar-refractivity contribution >= 4 is 44.4 Å². The first kappa shape index (κ1) is 19.3. The Hall–Kier alpha value is -3.00. The first-order chi connectivity index (χ1) is 13.7. The largest absolute Gasteiger partial charge is 0.443 e. The van der Waals surface area contributed by atoms with Crippen molar-refractivity contribution in [3.63, 3.8) is 0 Å². The third-order valence-electron chi connectivity index (χ3n) is 4.42. The molecule has 0 spiro atoms. The van der Waals surface area contributed by atoms with Gasteiger partial charge < -0.3 is 4.74 Å². The smallest absolute Gasteiger partial charge is 0.414 e. The highest BCUT2D eigenvalue weighted by atomic mass is 32.1. The minimum absolute atomic E-state index is 0.303. The topological polar surface area (TPSA) is 71.5 Å². The maximum absolute atomic E-state index is 13.3. The van der Waals surface area contributed by atoms with Gasteiger partial charge in [-0.05, 0) is 69.2 Å². The number of halogens is 1. The van der Waals surface area contributed by atoms with E-state index in [1.54, 1.807) is 29.2 Å². The minimum atomic E-state index is -0.570. The minimum Gasteiger partial charge on any atom is -0.443 e. The Morgan fingerprint density at radius 1 is 1.21 bits per heavy atom. The standard InChI is InChI=1S/C21H20FN3O3S/c1-21(2,3)28-20(27)25-9-8-12-10-13(4-7-16(12)25)18(26)24-19-23-15-6-5-14(22)11-17(15)29-19/h4-7,10-11H,8-9H2,1-3H3,(H,23,24,26). The molecule has 29 heavy (non-hydrogen) atoms. The molecule has 2 aromatic carbocycles. The number of fused-ring (bicyclic) bond motifs is 2. The molecule has 0 aliphatic carbocycles. The Labute approximate surface area is 171 Å². The number of nitrogens with one attached hydrogen (secondary N) is 1. The predicted molar refractivity (Wildman–Crippen MR) is 111 cm³/mol. The number of nitrogens with zero attached hydrogens (tertiary/aromatic N) is 2. The number of anilines is 2. The summed E-state index contributed by atoms with van der Waals surface area (Å²) >= 11 is 1.22. The summed E-state index contributed by atoms with van der Waals surface area (Å²) in [6, 6.07) is 9.52. The molecule has 0 radical (unpaired) electrons. The van der Waals surface area contributed by atoms with Crippen LogP contribution in [-0.2, 0) is 11.2 Å². The number of carbonyl (C=O) groups is 2. The van der Waals surface area contributed by atoms with Gasteiger partial charge in [0.15, 0.2) is 5.13 Å². The van der Waals surface area contributed by atoms with Crippen LogP contribution in [0.1, 0.15) is 36.7 Å². The molecule has 3 aromatic rings. The molecule has 6 nitrogen and oxygen atoms in total. The molecule has 0 unspecified atom stereocenters. The second-order valence-electron chi connectivity index (χ2n) is 7.81. The summed E-state index contributed by atoms with van der Waals surface area (Å²) in [5.74, 6) is -0.643. The van der Waals surface area contributed by atoms with E-state index in [9.17, 15) is 14.0 Å². The lowest BCUT2D eigenvalue weighted by Crippen LogP contribution is -2.35. The molecule has 8 heteroatoms. The number of ether oxygens (including phenoxy) is 1. The number of rotatable bonds is 2. The van der Waals surface area contributed by atoms with Gasteiger partial charge in [-0.3, -0.25) is 15.0 Å². The van der Waals surface area contributed by atoms with Crippen molar-refractivity contribution in [3.8, 4) is 0 Å². The molecule has 1 aliphatic rings. The van der Waals surface area contributed by atoms with E-state index in [4.69, 9.17) is 4.74 Å². The van der Waals surface area contributed by atoms with E-state index >= 15 is 0 Å². The first-order valence-electron chi connectivity index (χ1n) is 9.20. The average Bonchev–Trinajstić information content (AvgIpc) is 3.22. The van der Waals surface area contributed by atoms with Crippen LogP contribution >= 0.6 is 11.3 Å². The summed E-state index contributed by atoms with van der Waals surface area (Å²) in [6.07, 6.45) is 0.256. The number of amides is 2. The molecular formula is C21H20FN3O3S. The molecule has 1 aliphatic heterocycles. The SMILES string of the molecule is CC(C)(C)OC(=O)N1CCc2cc(C(=O)Nc3nc4ccc(F)cc4s3)ccc21. The fourth-order valence-electron chi connectivity index (χ4n) is 3.17. The number of carbonyl (C=O) groups excluding carboxylic acids is 2. The van der Waals surface area contributed by atoms with E-state index in [2.05, 4.69) is 10.3 Å². The van der Waals surface area contributed by atoms with Crippen LogP contribution < -0.4 is 10.2 Å². The monoisotopic (exact) mass is 413 g/mol. The summed E-state index contributed by atoms with van der Waals surface area (Å²) < 4.78 is 19.4. The fourth-order valence-corrected chi connectivity index (χ4v) is 4.06.